The minimum absolute atomic E-state index is 0.0782. The summed E-state index contributed by atoms with van der Waals surface area (Å²) in [5, 5.41) is 1.13. The van der Waals surface area contributed by atoms with E-state index >= 15 is 0 Å². The number of nitrogens with zero attached hydrogens (tertiary/aromatic N) is 1. The van der Waals surface area contributed by atoms with Crippen LogP contribution in [0, 0.1) is 0 Å². The van der Waals surface area contributed by atoms with Crippen LogP contribution in [0.25, 0.3) is 0 Å². The van der Waals surface area contributed by atoms with E-state index in [1.807, 2.05) is 0 Å². The first kappa shape index (κ1) is 10.7. The lowest BCUT2D eigenvalue weighted by molar-refractivity contribution is -0.108. The first-order valence-electron chi connectivity index (χ1n) is 4.89. The number of hydrogen-bond donors (Lipinski definition) is 0. The Morgan fingerprint density at radius 3 is 2.82 bits per heavy atom. The number of amides is 1. The highest BCUT2D eigenvalue weighted by Crippen LogP contribution is 2.34. The van der Waals surface area contributed by atoms with Crippen molar-refractivity contribution in [3.63, 3.8) is 0 Å². The van der Waals surface area contributed by atoms with Crippen LogP contribution in [0.4, 0.5) is 0 Å². The monoisotopic (exact) mass is 265 g/mol. The van der Waals surface area contributed by atoms with Crippen LogP contribution in [0.5, 0.6) is 0 Å². The van der Waals surface area contributed by atoms with Gasteiger partial charge in [-0.1, -0.05) is 12.1 Å². The van der Waals surface area contributed by atoms with Crippen molar-refractivity contribution in [2.45, 2.75) is 4.90 Å². The summed E-state index contributed by atoms with van der Waals surface area (Å²) in [7, 11) is -1.26. The Balaban J connectivity index is 2.17. The highest BCUT2D eigenvalue weighted by Gasteiger charge is 2.35. The largest absolute Gasteiger partial charge is 0.291 e. The molecule has 0 aromatic heterocycles. The van der Waals surface area contributed by atoms with E-state index in [0.29, 0.717) is 10.5 Å². The molecule has 1 aromatic carbocycles. The molecule has 0 saturated carbocycles. The zero-order valence-corrected chi connectivity index (χ0v) is 10.2. The van der Waals surface area contributed by atoms with Gasteiger partial charge < -0.3 is 0 Å². The maximum Gasteiger partial charge on any atom is 0.260 e. The summed E-state index contributed by atoms with van der Waals surface area (Å²) in [4.78, 5) is 26.1. The summed E-state index contributed by atoms with van der Waals surface area (Å²) < 4.78 is 11.4. The Labute approximate surface area is 104 Å². The summed E-state index contributed by atoms with van der Waals surface area (Å²) >= 11 is 1.01. The van der Waals surface area contributed by atoms with Crippen LogP contribution in [0.3, 0.4) is 0 Å². The molecular weight excluding hydrogens is 258 g/mol. The Kier molecular flexibility index (Phi) is 2.41. The summed E-state index contributed by atoms with van der Waals surface area (Å²) in [6.45, 7) is 0. The van der Waals surface area contributed by atoms with Gasteiger partial charge in [-0.3, -0.25) is 18.7 Å². The van der Waals surface area contributed by atoms with Crippen molar-refractivity contribution < 1.29 is 13.8 Å². The molecule has 17 heavy (non-hydrogen) atoms. The third-order valence-electron chi connectivity index (χ3n) is 2.56. The third kappa shape index (κ3) is 1.64. The van der Waals surface area contributed by atoms with Crippen molar-refractivity contribution in [3.8, 4) is 0 Å². The van der Waals surface area contributed by atoms with Crippen LogP contribution in [0.15, 0.2) is 40.3 Å². The number of carbonyl (C=O) groups excluding carboxylic acids is 2. The predicted molar refractivity (Wildman–Crippen MR) is 64.6 cm³/mol. The molecule has 0 aliphatic carbocycles. The number of carbonyl (C=O) groups is 2. The number of rotatable bonds is 0. The van der Waals surface area contributed by atoms with Crippen LogP contribution in [-0.2, 0) is 15.6 Å². The van der Waals surface area contributed by atoms with Crippen LogP contribution >= 0.6 is 11.8 Å². The van der Waals surface area contributed by atoms with E-state index in [1.54, 1.807) is 24.3 Å². The van der Waals surface area contributed by atoms with Crippen molar-refractivity contribution in [2.75, 3.05) is 5.88 Å². The molecule has 0 spiro atoms. The van der Waals surface area contributed by atoms with Crippen molar-refractivity contribution >= 4 is 33.6 Å². The van der Waals surface area contributed by atoms with Crippen molar-refractivity contribution in [1.82, 2.24) is 4.90 Å². The third-order valence-corrected chi connectivity index (χ3v) is 4.53. The zero-order valence-electron chi connectivity index (χ0n) is 8.58. The number of benzene rings is 1. The van der Waals surface area contributed by atoms with Gasteiger partial charge in [0.2, 0.25) is 5.12 Å². The van der Waals surface area contributed by atoms with E-state index in [2.05, 4.69) is 0 Å². The average Bonchev–Trinajstić information content (AvgIpc) is 2.67. The zero-order chi connectivity index (χ0) is 12.0. The van der Waals surface area contributed by atoms with Gasteiger partial charge in [0.05, 0.1) is 16.4 Å². The molecule has 2 heterocycles. The van der Waals surface area contributed by atoms with E-state index in [4.69, 9.17) is 0 Å². The minimum Gasteiger partial charge on any atom is -0.291 e. The quantitative estimate of drug-likeness (QED) is 0.710. The lowest BCUT2D eigenvalue weighted by Gasteiger charge is -2.14. The Morgan fingerprint density at radius 1 is 1.24 bits per heavy atom. The second-order valence-corrected chi connectivity index (χ2v) is 5.90. The SMILES string of the molecule is O=C1Sc2ccccc2C(=O)N2CS(=O)C=C12. The number of thioether (sulfide) groups is 1. The van der Waals surface area contributed by atoms with Crippen LogP contribution in [0.2, 0.25) is 0 Å². The molecule has 2 aliphatic heterocycles. The van der Waals surface area contributed by atoms with E-state index in [0.717, 1.165) is 11.8 Å². The van der Waals surface area contributed by atoms with Gasteiger partial charge in [0.15, 0.2) is 0 Å². The molecule has 0 saturated heterocycles. The average molecular weight is 265 g/mol. The van der Waals surface area contributed by atoms with Crippen molar-refractivity contribution in [1.29, 1.82) is 0 Å². The van der Waals surface area contributed by atoms with Gasteiger partial charge in [0.25, 0.3) is 5.91 Å². The second kappa shape index (κ2) is 3.82. The molecule has 0 N–H and O–H groups in total. The van der Waals surface area contributed by atoms with Crippen molar-refractivity contribution in [2.24, 2.45) is 0 Å². The Hall–Kier alpha value is -1.40. The molecule has 1 unspecified atom stereocenters. The molecule has 1 atom stereocenters. The van der Waals surface area contributed by atoms with Gasteiger partial charge in [0.1, 0.15) is 11.6 Å². The maximum absolute atomic E-state index is 12.2. The van der Waals surface area contributed by atoms with Crippen LogP contribution < -0.4 is 0 Å². The summed E-state index contributed by atoms with van der Waals surface area (Å²) in [5.41, 5.74) is 0.739. The fraction of sp³-hybridized carbons (Fsp3) is 0.0909. The minimum atomic E-state index is -1.26. The molecule has 1 amide bonds. The lowest BCUT2D eigenvalue weighted by Crippen LogP contribution is -2.29. The van der Waals surface area contributed by atoms with E-state index in [1.165, 1.54) is 10.3 Å². The van der Waals surface area contributed by atoms with Gasteiger partial charge in [-0.2, -0.15) is 0 Å². The second-order valence-electron chi connectivity index (χ2n) is 3.63. The smallest absolute Gasteiger partial charge is 0.260 e. The van der Waals surface area contributed by atoms with E-state index in [9.17, 15) is 13.8 Å². The standard InChI is InChI=1S/C11H7NO3S2/c13-10-7-3-1-2-4-9(7)16-11(14)8-5-17(15)6-12(8)10/h1-5H,6H2. The molecule has 6 heteroatoms. The topological polar surface area (TPSA) is 54.5 Å². The summed E-state index contributed by atoms with van der Waals surface area (Å²) in [6.07, 6.45) is 0. The molecular formula is C11H7NO3S2. The highest BCUT2D eigenvalue weighted by atomic mass is 32.2. The van der Waals surface area contributed by atoms with Gasteiger partial charge in [-0.25, -0.2) is 0 Å². The normalized spacial score (nSPS) is 22.9. The first-order chi connectivity index (χ1) is 8.16. The molecule has 4 nitrogen and oxygen atoms in total. The first-order valence-corrected chi connectivity index (χ1v) is 7.09. The van der Waals surface area contributed by atoms with Gasteiger partial charge in [-0.15, -0.1) is 0 Å². The Bertz CT molecular complexity index is 594. The summed E-state index contributed by atoms with van der Waals surface area (Å²) in [6, 6.07) is 6.97. The van der Waals surface area contributed by atoms with Gasteiger partial charge in [-0.05, 0) is 23.9 Å². The molecule has 0 radical (unpaired) electrons. The van der Waals surface area contributed by atoms with Crippen molar-refractivity contribution in [3.05, 3.63) is 40.9 Å². The van der Waals surface area contributed by atoms with Crippen LogP contribution in [0.1, 0.15) is 10.4 Å². The molecule has 86 valence electrons. The van der Waals surface area contributed by atoms with E-state index in [-0.39, 0.29) is 22.6 Å². The molecule has 1 aromatic rings. The fourth-order valence-electron chi connectivity index (χ4n) is 1.78. The maximum atomic E-state index is 12.2. The predicted octanol–water partition coefficient (Wildman–Crippen LogP) is 1.32. The van der Waals surface area contributed by atoms with E-state index < -0.39 is 10.8 Å². The lowest BCUT2D eigenvalue weighted by atomic mass is 10.2. The fourth-order valence-corrected chi connectivity index (χ4v) is 3.81. The molecule has 0 fully saturated rings. The van der Waals surface area contributed by atoms with Crippen LogP contribution in [-0.4, -0.2) is 26.0 Å². The highest BCUT2D eigenvalue weighted by molar-refractivity contribution is 8.14. The Morgan fingerprint density at radius 2 is 2.00 bits per heavy atom. The molecule has 0 bridgehead atoms. The number of fused-ring (bicyclic) bond motifs is 2. The summed E-state index contributed by atoms with van der Waals surface area (Å²) in [5.74, 6) is -0.175. The van der Waals surface area contributed by atoms with Gasteiger partial charge in [0, 0.05) is 10.3 Å². The number of hydrogen-bond acceptors (Lipinski definition) is 4. The molecule has 3 rings (SSSR count). The van der Waals surface area contributed by atoms with Gasteiger partial charge >= 0.3 is 0 Å². The molecule has 2 aliphatic rings.